The molecule has 1 saturated carbocycles. The van der Waals surface area contributed by atoms with Crippen LogP contribution in [0.4, 0.5) is 0 Å². The topological polar surface area (TPSA) is 102 Å². The van der Waals surface area contributed by atoms with Crippen LogP contribution >= 0.6 is 0 Å². The van der Waals surface area contributed by atoms with Gasteiger partial charge >= 0.3 is 0 Å². The lowest BCUT2D eigenvalue weighted by atomic mass is 9.94. The monoisotopic (exact) mass is 479 g/mol. The van der Waals surface area contributed by atoms with Crippen molar-refractivity contribution in [2.75, 3.05) is 21.3 Å². The average molecular weight is 480 g/mol. The van der Waals surface area contributed by atoms with Crippen molar-refractivity contribution < 1.29 is 23.8 Å². The van der Waals surface area contributed by atoms with Gasteiger partial charge in [-0.15, -0.1) is 0 Å². The summed E-state index contributed by atoms with van der Waals surface area (Å²) in [6.07, 6.45) is 7.22. The van der Waals surface area contributed by atoms with Crippen LogP contribution in [0.2, 0.25) is 0 Å². The Labute approximate surface area is 205 Å². The van der Waals surface area contributed by atoms with Crippen LogP contribution in [0.1, 0.15) is 49.3 Å². The van der Waals surface area contributed by atoms with Crippen LogP contribution in [0.3, 0.4) is 0 Å². The molecule has 0 saturated heterocycles. The minimum absolute atomic E-state index is 0.103. The van der Waals surface area contributed by atoms with Gasteiger partial charge in [0.1, 0.15) is 6.04 Å². The number of benzene rings is 2. The molecule has 186 valence electrons. The zero-order chi connectivity index (χ0) is 24.8. The predicted molar refractivity (Wildman–Crippen MR) is 134 cm³/mol. The SMILES string of the molecule is COc1cc(C(NC(=O)Cc2c[nH]c3ccccc23)C(=O)NC2CCCCC2)cc(OC)c1OC. The smallest absolute Gasteiger partial charge is 0.247 e. The molecule has 8 nitrogen and oxygen atoms in total. The molecule has 2 amide bonds. The third kappa shape index (κ3) is 5.53. The number of nitrogens with one attached hydrogen (secondary N) is 3. The molecule has 0 aliphatic heterocycles. The van der Waals surface area contributed by atoms with E-state index >= 15 is 0 Å². The largest absolute Gasteiger partial charge is 0.493 e. The first-order valence-electron chi connectivity index (χ1n) is 12.0. The number of carbonyl (C=O) groups is 2. The molecule has 2 aromatic carbocycles. The minimum atomic E-state index is -0.914. The van der Waals surface area contributed by atoms with Gasteiger partial charge in [0, 0.05) is 23.1 Å². The number of carbonyl (C=O) groups excluding carboxylic acids is 2. The van der Waals surface area contributed by atoms with Gasteiger partial charge in [-0.25, -0.2) is 0 Å². The summed E-state index contributed by atoms with van der Waals surface area (Å²) in [4.78, 5) is 29.8. The first kappa shape index (κ1) is 24.4. The summed E-state index contributed by atoms with van der Waals surface area (Å²) in [5, 5.41) is 7.08. The standard InChI is InChI=1S/C27H33N3O5/c1-33-22-13-17(14-23(34-2)26(22)35-3)25(27(32)29-19-9-5-4-6-10-19)30-24(31)15-18-16-28-21-12-8-7-11-20(18)21/h7-8,11-14,16,19,25,28H,4-6,9-10,15H2,1-3H3,(H,29,32)(H,30,31). The van der Waals surface area contributed by atoms with Crippen molar-refractivity contribution in [3.05, 3.63) is 53.7 Å². The van der Waals surface area contributed by atoms with Gasteiger partial charge in [0.15, 0.2) is 11.5 Å². The van der Waals surface area contributed by atoms with Crippen molar-refractivity contribution in [2.24, 2.45) is 0 Å². The Balaban J connectivity index is 1.62. The Bertz CT molecular complexity index is 1160. The first-order valence-corrected chi connectivity index (χ1v) is 12.0. The van der Waals surface area contributed by atoms with Crippen LogP contribution in [0, 0.1) is 0 Å². The highest BCUT2D eigenvalue weighted by Gasteiger charge is 2.28. The number of amides is 2. The zero-order valence-electron chi connectivity index (χ0n) is 20.5. The third-order valence-corrected chi connectivity index (χ3v) is 6.57. The summed E-state index contributed by atoms with van der Waals surface area (Å²) in [6, 6.07) is 10.4. The van der Waals surface area contributed by atoms with Crippen LogP contribution in [-0.2, 0) is 16.0 Å². The second kappa shape index (κ2) is 11.2. The lowest BCUT2D eigenvalue weighted by molar-refractivity contribution is -0.129. The maximum atomic E-state index is 13.5. The molecule has 1 atom stereocenters. The number of aromatic amines is 1. The number of para-hydroxylation sites is 1. The van der Waals surface area contributed by atoms with Crippen LogP contribution in [0.25, 0.3) is 10.9 Å². The van der Waals surface area contributed by atoms with Crippen LogP contribution in [-0.4, -0.2) is 44.2 Å². The summed E-state index contributed by atoms with van der Waals surface area (Å²) >= 11 is 0. The summed E-state index contributed by atoms with van der Waals surface area (Å²) in [6.45, 7) is 0. The van der Waals surface area contributed by atoms with E-state index in [1.807, 2.05) is 30.5 Å². The van der Waals surface area contributed by atoms with Crippen molar-refractivity contribution in [3.8, 4) is 17.2 Å². The molecule has 1 aliphatic carbocycles. The molecule has 1 aromatic heterocycles. The summed E-state index contributed by atoms with van der Waals surface area (Å²) in [5.41, 5.74) is 2.39. The minimum Gasteiger partial charge on any atom is -0.493 e. The van der Waals surface area contributed by atoms with Crippen molar-refractivity contribution in [1.29, 1.82) is 0 Å². The van der Waals surface area contributed by atoms with E-state index in [9.17, 15) is 9.59 Å². The Hall–Kier alpha value is -3.68. The van der Waals surface area contributed by atoms with Crippen LogP contribution in [0.5, 0.6) is 17.2 Å². The van der Waals surface area contributed by atoms with Gasteiger partial charge in [0.05, 0.1) is 27.8 Å². The van der Waals surface area contributed by atoms with E-state index in [4.69, 9.17) is 14.2 Å². The fraction of sp³-hybridized carbons (Fsp3) is 0.407. The highest BCUT2D eigenvalue weighted by atomic mass is 16.5. The Morgan fingerprint density at radius 1 is 1.00 bits per heavy atom. The van der Waals surface area contributed by atoms with E-state index in [2.05, 4.69) is 15.6 Å². The molecule has 35 heavy (non-hydrogen) atoms. The van der Waals surface area contributed by atoms with Crippen molar-refractivity contribution in [2.45, 2.75) is 50.6 Å². The second-order valence-corrected chi connectivity index (χ2v) is 8.84. The van der Waals surface area contributed by atoms with Gasteiger partial charge in [-0.1, -0.05) is 37.5 Å². The number of H-pyrrole nitrogens is 1. The van der Waals surface area contributed by atoms with Gasteiger partial charge in [-0.3, -0.25) is 9.59 Å². The van der Waals surface area contributed by atoms with Gasteiger partial charge in [0.2, 0.25) is 17.6 Å². The van der Waals surface area contributed by atoms with E-state index in [1.54, 1.807) is 12.1 Å². The zero-order valence-corrected chi connectivity index (χ0v) is 20.5. The first-order chi connectivity index (χ1) is 17.0. The van der Waals surface area contributed by atoms with Gasteiger partial charge in [-0.2, -0.15) is 0 Å². The lowest BCUT2D eigenvalue weighted by Crippen LogP contribution is -2.45. The average Bonchev–Trinajstić information content (AvgIpc) is 3.29. The van der Waals surface area contributed by atoms with Crippen molar-refractivity contribution in [1.82, 2.24) is 15.6 Å². The maximum Gasteiger partial charge on any atom is 0.247 e. The number of ether oxygens (including phenoxy) is 3. The fourth-order valence-electron chi connectivity index (χ4n) is 4.76. The van der Waals surface area contributed by atoms with Crippen LogP contribution in [0.15, 0.2) is 42.6 Å². The quantitative estimate of drug-likeness (QED) is 0.430. The highest BCUT2D eigenvalue weighted by molar-refractivity contribution is 5.92. The number of hydrogen-bond acceptors (Lipinski definition) is 5. The van der Waals surface area contributed by atoms with E-state index in [0.29, 0.717) is 22.8 Å². The molecule has 8 heteroatoms. The van der Waals surface area contributed by atoms with Crippen molar-refractivity contribution >= 4 is 22.7 Å². The Morgan fingerprint density at radius 3 is 2.34 bits per heavy atom. The summed E-state index contributed by atoms with van der Waals surface area (Å²) in [7, 11) is 4.57. The molecule has 3 aromatic rings. The van der Waals surface area contributed by atoms with Gasteiger partial charge < -0.3 is 29.8 Å². The number of rotatable bonds is 9. The molecule has 0 spiro atoms. The normalized spacial score (nSPS) is 14.8. The molecule has 0 radical (unpaired) electrons. The number of fused-ring (bicyclic) bond motifs is 1. The van der Waals surface area contributed by atoms with E-state index < -0.39 is 6.04 Å². The molecule has 1 heterocycles. The molecular formula is C27H33N3O5. The molecule has 1 fully saturated rings. The van der Waals surface area contributed by atoms with Gasteiger partial charge in [-0.05, 0) is 42.2 Å². The maximum absolute atomic E-state index is 13.5. The molecule has 4 rings (SSSR count). The van der Waals surface area contributed by atoms with Gasteiger partial charge in [0.25, 0.3) is 0 Å². The molecule has 3 N–H and O–H groups in total. The highest BCUT2D eigenvalue weighted by Crippen LogP contribution is 2.40. The molecule has 1 unspecified atom stereocenters. The Morgan fingerprint density at radius 2 is 1.69 bits per heavy atom. The Kier molecular flexibility index (Phi) is 7.80. The molecule has 1 aliphatic rings. The second-order valence-electron chi connectivity index (χ2n) is 8.84. The van der Waals surface area contributed by atoms with E-state index in [1.165, 1.54) is 27.8 Å². The van der Waals surface area contributed by atoms with Crippen molar-refractivity contribution in [3.63, 3.8) is 0 Å². The molecule has 0 bridgehead atoms. The fourth-order valence-corrected chi connectivity index (χ4v) is 4.76. The number of aromatic nitrogens is 1. The number of methoxy groups -OCH3 is 3. The van der Waals surface area contributed by atoms with E-state index in [0.717, 1.165) is 42.1 Å². The number of hydrogen-bond donors (Lipinski definition) is 3. The van der Waals surface area contributed by atoms with E-state index in [-0.39, 0.29) is 24.3 Å². The summed E-state index contributed by atoms with van der Waals surface area (Å²) < 4.78 is 16.4. The summed E-state index contributed by atoms with van der Waals surface area (Å²) in [5.74, 6) is 0.757. The molecular weight excluding hydrogens is 446 g/mol. The lowest BCUT2D eigenvalue weighted by Gasteiger charge is -2.27. The third-order valence-electron chi connectivity index (χ3n) is 6.57. The predicted octanol–water partition coefficient (Wildman–Crippen LogP) is 4.04. The van der Waals surface area contributed by atoms with Crippen LogP contribution < -0.4 is 24.8 Å².